The van der Waals surface area contributed by atoms with Crippen LogP contribution in [0.2, 0.25) is 0 Å². The Balaban J connectivity index is 4.06. The number of likely N-dealkylation sites (N-methyl/N-ethyl adjacent to an activating group) is 2. The molecular formula is C10H22N2O2. The zero-order chi connectivity index (χ0) is 11.0. The number of ether oxygens (including phenoxy) is 1. The molecule has 0 aliphatic rings. The van der Waals surface area contributed by atoms with Crippen molar-refractivity contribution in [2.75, 3.05) is 33.8 Å². The van der Waals surface area contributed by atoms with E-state index in [1.54, 1.807) is 7.05 Å². The van der Waals surface area contributed by atoms with Gasteiger partial charge in [-0.1, -0.05) is 13.8 Å². The van der Waals surface area contributed by atoms with Crippen LogP contribution in [-0.2, 0) is 9.53 Å². The summed E-state index contributed by atoms with van der Waals surface area (Å²) in [6, 6.07) is -0.216. The van der Waals surface area contributed by atoms with E-state index in [0.29, 0.717) is 6.54 Å². The van der Waals surface area contributed by atoms with Gasteiger partial charge in [-0.2, -0.15) is 0 Å². The zero-order valence-electron chi connectivity index (χ0n) is 9.67. The van der Waals surface area contributed by atoms with Crippen LogP contribution >= 0.6 is 0 Å². The van der Waals surface area contributed by atoms with E-state index in [9.17, 15) is 4.79 Å². The molecule has 0 bridgehead atoms. The molecule has 14 heavy (non-hydrogen) atoms. The van der Waals surface area contributed by atoms with Crippen molar-refractivity contribution in [3.05, 3.63) is 0 Å². The number of hydrogen-bond acceptors (Lipinski definition) is 4. The van der Waals surface area contributed by atoms with Crippen molar-refractivity contribution in [3.63, 3.8) is 0 Å². The summed E-state index contributed by atoms with van der Waals surface area (Å²) in [7, 11) is 3.20. The number of nitrogens with zero attached hydrogens (tertiary/aromatic N) is 1. The Kier molecular flexibility index (Phi) is 7.42. The summed E-state index contributed by atoms with van der Waals surface area (Å²) in [5.74, 6) is -0.193. The molecule has 0 amide bonds. The molecule has 1 unspecified atom stereocenters. The van der Waals surface area contributed by atoms with E-state index < -0.39 is 0 Å². The third kappa shape index (κ3) is 4.58. The Morgan fingerprint density at radius 3 is 2.50 bits per heavy atom. The van der Waals surface area contributed by atoms with Gasteiger partial charge >= 0.3 is 5.97 Å². The molecule has 0 fully saturated rings. The fourth-order valence-corrected chi connectivity index (χ4v) is 1.38. The van der Waals surface area contributed by atoms with Gasteiger partial charge in [-0.3, -0.25) is 4.79 Å². The van der Waals surface area contributed by atoms with Crippen LogP contribution in [0.25, 0.3) is 0 Å². The van der Waals surface area contributed by atoms with Crippen LogP contribution < -0.4 is 5.32 Å². The van der Waals surface area contributed by atoms with Crippen LogP contribution in [0.4, 0.5) is 0 Å². The van der Waals surface area contributed by atoms with Crippen LogP contribution in [0.1, 0.15) is 20.3 Å². The first-order valence-electron chi connectivity index (χ1n) is 5.16. The lowest BCUT2D eigenvalue weighted by atomic mass is 10.2. The van der Waals surface area contributed by atoms with Crippen molar-refractivity contribution in [2.24, 2.45) is 0 Å². The summed E-state index contributed by atoms with van der Waals surface area (Å²) in [5, 5.41) is 2.96. The standard InChI is InChI=1S/C10H22N2O2/c1-5-7-12(6-2)8-9(11-3)10(13)14-4/h9,11H,5-8H2,1-4H3. The fourth-order valence-electron chi connectivity index (χ4n) is 1.38. The van der Waals surface area contributed by atoms with Gasteiger partial charge in [0.15, 0.2) is 0 Å². The second-order valence-corrected chi connectivity index (χ2v) is 3.26. The maximum absolute atomic E-state index is 11.3. The molecule has 4 nitrogen and oxygen atoms in total. The van der Waals surface area contributed by atoms with E-state index in [2.05, 4.69) is 24.1 Å². The minimum Gasteiger partial charge on any atom is -0.468 e. The van der Waals surface area contributed by atoms with E-state index in [4.69, 9.17) is 4.74 Å². The van der Waals surface area contributed by atoms with E-state index in [0.717, 1.165) is 19.5 Å². The number of hydrogen-bond donors (Lipinski definition) is 1. The summed E-state index contributed by atoms with van der Waals surface area (Å²) >= 11 is 0. The highest BCUT2D eigenvalue weighted by molar-refractivity contribution is 5.75. The van der Waals surface area contributed by atoms with Gasteiger partial charge in [0.25, 0.3) is 0 Å². The van der Waals surface area contributed by atoms with Gasteiger partial charge in [0.2, 0.25) is 0 Å². The fraction of sp³-hybridized carbons (Fsp3) is 0.900. The van der Waals surface area contributed by atoms with Gasteiger partial charge in [0.05, 0.1) is 7.11 Å². The van der Waals surface area contributed by atoms with Gasteiger partial charge in [0, 0.05) is 6.54 Å². The lowest BCUT2D eigenvalue weighted by Crippen LogP contribution is -2.45. The predicted molar refractivity (Wildman–Crippen MR) is 57.3 cm³/mol. The predicted octanol–water partition coefficient (Wildman–Crippen LogP) is 0.479. The molecule has 1 N–H and O–H groups in total. The maximum Gasteiger partial charge on any atom is 0.324 e. The maximum atomic E-state index is 11.3. The Bertz CT molecular complexity index is 162. The molecule has 0 rings (SSSR count). The number of methoxy groups -OCH3 is 1. The quantitative estimate of drug-likeness (QED) is 0.610. The zero-order valence-corrected chi connectivity index (χ0v) is 9.67. The molecule has 4 heteroatoms. The summed E-state index contributed by atoms with van der Waals surface area (Å²) in [4.78, 5) is 13.5. The number of rotatable bonds is 7. The summed E-state index contributed by atoms with van der Waals surface area (Å²) in [6.45, 7) is 6.93. The Morgan fingerprint density at radius 1 is 1.50 bits per heavy atom. The Morgan fingerprint density at radius 2 is 2.14 bits per heavy atom. The van der Waals surface area contributed by atoms with E-state index in [1.807, 2.05) is 0 Å². The van der Waals surface area contributed by atoms with Gasteiger partial charge in [0.1, 0.15) is 6.04 Å². The van der Waals surface area contributed by atoms with E-state index in [1.165, 1.54) is 7.11 Å². The van der Waals surface area contributed by atoms with Crippen molar-refractivity contribution >= 4 is 5.97 Å². The number of esters is 1. The van der Waals surface area contributed by atoms with Crippen molar-refractivity contribution in [3.8, 4) is 0 Å². The number of carbonyl (C=O) groups excluding carboxylic acids is 1. The molecule has 0 saturated carbocycles. The van der Waals surface area contributed by atoms with Crippen LogP contribution in [0.3, 0.4) is 0 Å². The highest BCUT2D eigenvalue weighted by atomic mass is 16.5. The third-order valence-corrected chi connectivity index (χ3v) is 2.26. The second-order valence-electron chi connectivity index (χ2n) is 3.26. The highest BCUT2D eigenvalue weighted by Crippen LogP contribution is 1.96. The first kappa shape index (κ1) is 13.4. The van der Waals surface area contributed by atoms with Crippen LogP contribution in [0, 0.1) is 0 Å². The van der Waals surface area contributed by atoms with E-state index in [-0.39, 0.29) is 12.0 Å². The molecule has 0 radical (unpaired) electrons. The lowest BCUT2D eigenvalue weighted by molar-refractivity contribution is -0.143. The van der Waals surface area contributed by atoms with E-state index >= 15 is 0 Å². The normalized spacial score (nSPS) is 12.9. The van der Waals surface area contributed by atoms with Gasteiger partial charge in [-0.05, 0) is 26.6 Å². The topological polar surface area (TPSA) is 41.6 Å². The van der Waals surface area contributed by atoms with Crippen molar-refractivity contribution in [1.82, 2.24) is 10.2 Å². The molecule has 0 spiro atoms. The smallest absolute Gasteiger partial charge is 0.324 e. The van der Waals surface area contributed by atoms with Gasteiger partial charge < -0.3 is 15.0 Å². The molecule has 84 valence electrons. The molecule has 0 heterocycles. The molecule has 0 aliphatic heterocycles. The molecule has 0 saturated heterocycles. The second kappa shape index (κ2) is 7.76. The van der Waals surface area contributed by atoms with Gasteiger partial charge in [-0.15, -0.1) is 0 Å². The molecule has 0 aromatic carbocycles. The Hall–Kier alpha value is -0.610. The van der Waals surface area contributed by atoms with Crippen LogP contribution in [0.15, 0.2) is 0 Å². The summed E-state index contributed by atoms with van der Waals surface area (Å²) in [6.07, 6.45) is 1.10. The Labute approximate surface area is 86.6 Å². The first-order chi connectivity index (χ1) is 6.69. The monoisotopic (exact) mass is 202 g/mol. The summed E-state index contributed by atoms with van der Waals surface area (Å²) in [5.41, 5.74) is 0. The lowest BCUT2D eigenvalue weighted by Gasteiger charge is -2.24. The molecule has 0 aromatic rings. The molecular weight excluding hydrogens is 180 g/mol. The van der Waals surface area contributed by atoms with Gasteiger partial charge in [-0.25, -0.2) is 0 Å². The minimum absolute atomic E-state index is 0.193. The number of carbonyl (C=O) groups is 1. The first-order valence-corrected chi connectivity index (χ1v) is 5.16. The van der Waals surface area contributed by atoms with Crippen molar-refractivity contribution < 1.29 is 9.53 Å². The van der Waals surface area contributed by atoms with Crippen LogP contribution in [-0.4, -0.2) is 50.7 Å². The largest absolute Gasteiger partial charge is 0.468 e. The van der Waals surface area contributed by atoms with Crippen LogP contribution in [0.5, 0.6) is 0 Å². The molecule has 1 atom stereocenters. The average Bonchev–Trinajstić information content (AvgIpc) is 2.23. The molecule has 0 aliphatic carbocycles. The van der Waals surface area contributed by atoms with Crippen molar-refractivity contribution in [2.45, 2.75) is 26.3 Å². The SMILES string of the molecule is CCCN(CC)CC(NC)C(=O)OC. The number of nitrogens with one attached hydrogen (secondary N) is 1. The third-order valence-electron chi connectivity index (χ3n) is 2.26. The average molecular weight is 202 g/mol. The minimum atomic E-state index is -0.216. The highest BCUT2D eigenvalue weighted by Gasteiger charge is 2.19. The summed E-state index contributed by atoms with van der Waals surface area (Å²) < 4.78 is 4.70. The molecule has 0 aromatic heterocycles. The van der Waals surface area contributed by atoms with Crippen molar-refractivity contribution in [1.29, 1.82) is 0 Å².